The van der Waals surface area contributed by atoms with Gasteiger partial charge in [0.05, 0.1) is 0 Å². The van der Waals surface area contributed by atoms with Crippen molar-refractivity contribution in [2.24, 2.45) is 0 Å². The summed E-state index contributed by atoms with van der Waals surface area (Å²) in [5, 5.41) is 2.60. The molecule has 0 aromatic carbocycles. The van der Waals surface area contributed by atoms with Gasteiger partial charge in [-0.2, -0.15) is 0 Å². The average Bonchev–Trinajstić information content (AvgIpc) is 2.60. The molecule has 0 atom stereocenters. The molecule has 0 bridgehead atoms. The van der Waals surface area contributed by atoms with Crippen LogP contribution in [0.3, 0.4) is 0 Å². The third kappa shape index (κ3) is 1.18. The lowest BCUT2D eigenvalue weighted by Crippen LogP contribution is -2.19. The van der Waals surface area contributed by atoms with Gasteiger partial charge in [0.2, 0.25) is 0 Å². The molecule has 1 N–H and O–H groups in total. The quantitative estimate of drug-likeness (QED) is 0.694. The van der Waals surface area contributed by atoms with Gasteiger partial charge in [-0.3, -0.25) is 4.79 Å². The Hall–Kier alpha value is -1.77. The Morgan fingerprint density at radius 2 is 2.15 bits per heavy atom. The van der Waals surface area contributed by atoms with Crippen molar-refractivity contribution >= 4 is 11.4 Å². The SMILES string of the molecule is CNC(=O)c1ccc2ccccn12. The number of rotatable bonds is 1. The molecule has 0 spiro atoms. The summed E-state index contributed by atoms with van der Waals surface area (Å²) < 4.78 is 1.86. The zero-order chi connectivity index (χ0) is 9.26. The van der Waals surface area contributed by atoms with Crippen molar-refractivity contribution in [3.8, 4) is 0 Å². The second-order valence-corrected chi connectivity index (χ2v) is 2.79. The van der Waals surface area contributed by atoms with E-state index < -0.39 is 0 Å². The summed E-state index contributed by atoms with van der Waals surface area (Å²) in [7, 11) is 1.63. The standard InChI is InChI=1S/C10H10N2O/c1-11-10(13)9-6-5-8-4-2-3-7-12(8)9/h2-7H,1H3,(H,11,13). The summed E-state index contributed by atoms with van der Waals surface area (Å²) >= 11 is 0. The Morgan fingerprint density at radius 3 is 2.92 bits per heavy atom. The molecule has 0 fully saturated rings. The van der Waals surface area contributed by atoms with Gasteiger partial charge in [0.1, 0.15) is 5.69 Å². The van der Waals surface area contributed by atoms with Crippen molar-refractivity contribution in [3.63, 3.8) is 0 Å². The Balaban J connectivity index is 2.64. The number of hydrogen-bond acceptors (Lipinski definition) is 1. The molecule has 0 aliphatic carbocycles. The zero-order valence-electron chi connectivity index (χ0n) is 7.32. The maximum absolute atomic E-state index is 11.4. The van der Waals surface area contributed by atoms with E-state index in [1.165, 1.54) is 0 Å². The summed E-state index contributed by atoms with van der Waals surface area (Å²) in [4.78, 5) is 11.4. The van der Waals surface area contributed by atoms with Crippen LogP contribution in [0.15, 0.2) is 36.5 Å². The summed E-state index contributed by atoms with van der Waals surface area (Å²) in [5.74, 6) is -0.0637. The predicted octanol–water partition coefficient (Wildman–Crippen LogP) is 1.30. The normalized spacial score (nSPS) is 10.2. The van der Waals surface area contributed by atoms with Crippen molar-refractivity contribution < 1.29 is 4.79 Å². The van der Waals surface area contributed by atoms with Gasteiger partial charge in [-0.25, -0.2) is 0 Å². The van der Waals surface area contributed by atoms with Crippen LogP contribution in [-0.4, -0.2) is 17.4 Å². The molecule has 0 radical (unpaired) electrons. The third-order valence-electron chi connectivity index (χ3n) is 2.02. The summed E-state index contributed by atoms with van der Waals surface area (Å²) in [6, 6.07) is 9.55. The molecule has 13 heavy (non-hydrogen) atoms. The molecule has 66 valence electrons. The third-order valence-corrected chi connectivity index (χ3v) is 2.02. The second-order valence-electron chi connectivity index (χ2n) is 2.79. The number of carbonyl (C=O) groups excluding carboxylic acids is 1. The molecule has 2 aromatic heterocycles. The van der Waals surface area contributed by atoms with E-state index >= 15 is 0 Å². The summed E-state index contributed by atoms with van der Waals surface area (Å²) in [6.07, 6.45) is 1.87. The molecule has 0 saturated heterocycles. The van der Waals surface area contributed by atoms with Crippen molar-refractivity contribution in [2.45, 2.75) is 0 Å². The van der Waals surface area contributed by atoms with Gasteiger partial charge < -0.3 is 9.72 Å². The Bertz CT molecular complexity index is 445. The number of fused-ring (bicyclic) bond motifs is 1. The number of carbonyl (C=O) groups is 1. The largest absolute Gasteiger partial charge is 0.354 e. The smallest absolute Gasteiger partial charge is 0.268 e. The van der Waals surface area contributed by atoms with Gasteiger partial charge in [-0.15, -0.1) is 0 Å². The Morgan fingerprint density at radius 1 is 1.31 bits per heavy atom. The lowest BCUT2D eigenvalue weighted by molar-refractivity contribution is 0.0957. The van der Waals surface area contributed by atoms with Crippen molar-refractivity contribution in [1.29, 1.82) is 0 Å². The number of aromatic nitrogens is 1. The number of nitrogens with one attached hydrogen (secondary N) is 1. The first kappa shape index (κ1) is 7.86. The highest BCUT2D eigenvalue weighted by molar-refractivity contribution is 5.93. The summed E-state index contributed by atoms with van der Waals surface area (Å²) in [5.41, 5.74) is 1.69. The molecule has 0 aliphatic rings. The molecule has 2 rings (SSSR count). The van der Waals surface area contributed by atoms with Gasteiger partial charge >= 0.3 is 0 Å². The highest BCUT2D eigenvalue weighted by atomic mass is 16.1. The monoisotopic (exact) mass is 174 g/mol. The topological polar surface area (TPSA) is 33.5 Å². The Kier molecular flexibility index (Phi) is 1.77. The van der Waals surface area contributed by atoms with Crippen molar-refractivity contribution in [2.75, 3.05) is 7.05 Å². The van der Waals surface area contributed by atoms with E-state index in [-0.39, 0.29) is 5.91 Å². The number of hydrogen-bond donors (Lipinski definition) is 1. The fraction of sp³-hybridized carbons (Fsp3) is 0.100. The fourth-order valence-electron chi connectivity index (χ4n) is 1.37. The van der Waals surface area contributed by atoms with Crippen LogP contribution in [0.1, 0.15) is 10.5 Å². The van der Waals surface area contributed by atoms with Gasteiger partial charge in [0, 0.05) is 18.8 Å². The highest BCUT2D eigenvalue weighted by Gasteiger charge is 2.06. The van der Waals surface area contributed by atoms with Crippen molar-refractivity contribution in [1.82, 2.24) is 9.72 Å². The molecule has 2 heterocycles. The first-order valence-corrected chi connectivity index (χ1v) is 4.11. The van der Waals surface area contributed by atoms with Crippen LogP contribution >= 0.6 is 0 Å². The minimum absolute atomic E-state index is 0.0637. The molecular formula is C10H10N2O. The molecule has 0 aliphatic heterocycles. The van der Waals surface area contributed by atoms with Gasteiger partial charge in [0.25, 0.3) is 5.91 Å². The van der Waals surface area contributed by atoms with E-state index in [1.807, 2.05) is 40.9 Å². The zero-order valence-corrected chi connectivity index (χ0v) is 7.32. The van der Waals surface area contributed by atoms with Crippen LogP contribution in [0.25, 0.3) is 5.52 Å². The van der Waals surface area contributed by atoms with E-state index in [9.17, 15) is 4.79 Å². The van der Waals surface area contributed by atoms with Crippen molar-refractivity contribution in [3.05, 3.63) is 42.2 Å². The molecule has 3 nitrogen and oxygen atoms in total. The van der Waals surface area contributed by atoms with Gasteiger partial charge in [0.15, 0.2) is 0 Å². The van der Waals surface area contributed by atoms with Crippen LogP contribution in [0.5, 0.6) is 0 Å². The lowest BCUT2D eigenvalue weighted by Gasteiger charge is -1.99. The van der Waals surface area contributed by atoms with Gasteiger partial charge in [-0.1, -0.05) is 6.07 Å². The minimum atomic E-state index is -0.0637. The van der Waals surface area contributed by atoms with E-state index in [0.717, 1.165) is 5.52 Å². The maximum atomic E-state index is 11.4. The number of pyridine rings is 1. The number of amides is 1. The van der Waals surface area contributed by atoms with Crippen LogP contribution in [0.4, 0.5) is 0 Å². The van der Waals surface area contributed by atoms with Crippen LogP contribution in [0, 0.1) is 0 Å². The van der Waals surface area contributed by atoms with E-state index in [4.69, 9.17) is 0 Å². The predicted molar refractivity (Wildman–Crippen MR) is 50.8 cm³/mol. The molecular weight excluding hydrogens is 164 g/mol. The molecule has 0 unspecified atom stereocenters. The van der Waals surface area contributed by atoms with Crippen LogP contribution in [-0.2, 0) is 0 Å². The van der Waals surface area contributed by atoms with E-state index in [0.29, 0.717) is 5.69 Å². The molecule has 2 aromatic rings. The molecule has 0 saturated carbocycles. The van der Waals surface area contributed by atoms with E-state index in [2.05, 4.69) is 5.32 Å². The molecule has 1 amide bonds. The first-order valence-electron chi connectivity index (χ1n) is 4.11. The van der Waals surface area contributed by atoms with E-state index in [1.54, 1.807) is 7.05 Å². The highest BCUT2D eigenvalue weighted by Crippen LogP contribution is 2.08. The minimum Gasteiger partial charge on any atom is -0.354 e. The van der Waals surface area contributed by atoms with Gasteiger partial charge in [-0.05, 0) is 24.3 Å². The summed E-state index contributed by atoms with van der Waals surface area (Å²) in [6.45, 7) is 0. The second kappa shape index (κ2) is 2.94. The first-order chi connectivity index (χ1) is 6.33. The Labute approximate surface area is 76.0 Å². The fourth-order valence-corrected chi connectivity index (χ4v) is 1.37. The van der Waals surface area contributed by atoms with Crippen LogP contribution in [0.2, 0.25) is 0 Å². The average molecular weight is 174 g/mol. The van der Waals surface area contributed by atoms with Crippen LogP contribution < -0.4 is 5.32 Å². The number of nitrogens with zero attached hydrogens (tertiary/aromatic N) is 1. The molecule has 3 heteroatoms. The lowest BCUT2D eigenvalue weighted by atomic mass is 10.4. The maximum Gasteiger partial charge on any atom is 0.268 e.